The van der Waals surface area contributed by atoms with Crippen molar-refractivity contribution in [1.29, 1.82) is 0 Å². The molecule has 0 aliphatic heterocycles. The summed E-state index contributed by atoms with van der Waals surface area (Å²) in [6, 6.07) is 0. The molecule has 0 spiro atoms. The fraction of sp³-hybridized carbons (Fsp3) is 0.786. The van der Waals surface area contributed by atoms with E-state index in [1.165, 1.54) is 49.3 Å². The minimum atomic E-state index is 0.282. The number of nitrogens with zero attached hydrogens (tertiary/aromatic N) is 1. The van der Waals surface area contributed by atoms with Crippen LogP contribution in [0, 0.1) is 6.92 Å². The molecule has 0 unspecified atom stereocenters. The van der Waals surface area contributed by atoms with Crippen LogP contribution in [0.15, 0.2) is 0 Å². The van der Waals surface area contributed by atoms with Crippen LogP contribution in [-0.4, -0.2) is 16.5 Å². The summed E-state index contributed by atoms with van der Waals surface area (Å²) in [5.41, 5.74) is 8.30. The van der Waals surface area contributed by atoms with Crippen molar-refractivity contribution in [2.45, 2.75) is 64.2 Å². The molecule has 3 N–H and O–H groups in total. The molecule has 1 heterocycles. The highest BCUT2D eigenvalue weighted by Crippen LogP contribution is 2.37. The van der Waals surface area contributed by atoms with Crippen LogP contribution in [0.4, 0.5) is 0 Å². The Morgan fingerprint density at radius 3 is 2.65 bits per heavy atom. The number of hydrogen-bond donors (Lipinski definition) is 2. The van der Waals surface area contributed by atoms with Gasteiger partial charge in [-0.2, -0.15) is 0 Å². The molecular weight excluding hydrogens is 210 g/mol. The average molecular weight is 235 g/mol. The van der Waals surface area contributed by atoms with Crippen molar-refractivity contribution in [3.8, 4) is 0 Å². The first-order valence-electron chi connectivity index (χ1n) is 6.92. The summed E-state index contributed by atoms with van der Waals surface area (Å²) >= 11 is 0. The largest absolute Gasteiger partial charge is 0.345 e. The summed E-state index contributed by atoms with van der Waals surface area (Å²) in [5, 5.41) is 0. The van der Waals surface area contributed by atoms with E-state index >= 15 is 0 Å². The van der Waals surface area contributed by atoms with E-state index in [4.69, 9.17) is 10.7 Å². The predicted octanol–water partition coefficient (Wildman–Crippen LogP) is 2.83. The zero-order chi connectivity index (χ0) is 12.3. The molecule has 3 nitrogen and oxygen atoms in total. The molecule has 0 aromatic carbocycles. The number of nitrogens with one attached hydrogen (secondary N) is 1. The Hall–Kier alpha value is -0.830. The van der Waals surface area contributed by atoms with E-state index in [2.05, 4.69) is 18.8 Å². The number of aromatic amines is 1. The minimum absolute atomic E-state index is 0.282. The lowest BCUT2D eigenvalue weighted by Crippen LogP contribution is -2.26. The van der Waals surface area contributed by atoms with Gasteiger partial charge in [-0.1, -0.05) is 26.2 Å². The van der Waals surface area contributed by atoms with E-state index in [1.807, 2.05) is 0 Å². The van der Waals surface area contributed by atoms with Crippen molar-refractivity contribution < 1.29 is 0 Å². The van der Waals surface area contributed by atoms with Crippen molar-refractivity contribution >= 4 is 0 Å². The number of hydrogen-bond acceptors (Lipinski definition) is 2. The molecule has 17 heavy (non-hydrogen) atoms. The molecule has 0 amide bonds. The summed E-state index contributed by atoms with van der Waals surface area (Å²) in [6.07, 6.45) is 8.65. The fourth-order valence-corrected chi connectivity index (χ4v) is 2.86. The normalized spacial score (nSPS) is 19.5. The molecule has 1 aliphatic rings. The summed E-state index contributed by atoms with van der Waals surface area (Å²) in [7, 11) is 0. The van der Waals surface area contributed by atoms with Crippen molar-refractivity contribution in [1.82, 2.24) is 9.97 Å². The molecule has 1 aromatic heterocycles. The molecule has 0 atom stereocenters. The third kappa shape index (κ3) is 2.71. The number of nitrogens with two attached hydrogens (primary N) is 1. The van der Waals surface area contributed by atoms with Crippen LogP contribution in [0.3, 0.4) is 0 Å². The van der Waals surface area contributed by atoms with E-state index in [1.54, 1.807) is 0 Å². The van der Waals surface area contributed by atoms with Crippen molar-refractivity contribution in [3.63, 3.8) is 0 Å². The van der Waals surface area contributed by atoms with Gasteiger partial charge in [0, 0.05) is 11.1 Å². The molecule has 1 aliphatic carbocycles. The van der Waals surface area contributed by atoms with Gasteiger partial charge in [-0.25, -0.2) is 4.98 Å². The first kappa shape index (κ1) is 12.6. The second-order valence-corrected chi connectivity index (χ2v) is 5.67. The van der Waals surface area contributed by atoms with Crippen LogP contribution in [0.1, 0.15) is 62.7 Å². The zero-order valence-corrected chi connectivity index (χ0v) is 11.2. The number of H-pyrrole nitrogens is 1. The standard InChI is InChI=1S/C14H25N3/c1-11-12(7-6-10-15)17-13(16-11)14(2)8-4-3-5-9-14/h3-10,15H2,1-2H3,(H,16,17). The topological polar surface area (TPSA) is 54.7 Å². The van der Waals surface area contributed by atoms with E-state index in [9.17, 15) is 0 Å². The molecule has 1 fully saturated rings. The smallest absolute Gasteiger partial charge is 0.112 e. The molecule has 1 aromatic rings. The van der Waals surface area contributed by atoms with E-state index in [0.29, 0.717) is 0 Å². The van der Waals surface area contributed by atoms with Gasteiger partial charge in [0.25, 0.3) is 0 Å². The number of aryl methyl sites for hydroxylation is 2. The van der Waals surface area contributed by atoms with Crippen molar-refractivity contribution in [2.75, 3.05) is 6.54 Å². The maximum absolute atomic E-state index is 5.56. The predicted molar refractivity (Wildman–Crippen MR) is 71.1 cm³/mol. The Bertz CT molecular complexity index is 362. The maximum Gasteiger partial charge on any atom is 0.112 e. The summed E-state index contributed by atoms with van der Waals surface area (Å²) in [6.45, 7) is 5.24. The highest BCUT2D eigenvalue weighted by molar-refractivity contribution is 5.19. The lowest BCUT2D eigenvalue weighted by atomic mass is 9.75. The quantitative estimate of drug-likeness (QED) is 0.843. The van der Waals surface area contributed by atoms with Gasteiger partial charge in [0.05, 0.1) is 5.69 Å². The first-order chi connectivity index (χ1) is 8.15. The first-order valence-corrected chi connectivity index (χ1v) is 6.92. The van der Waals surface area contributed by atoms with E-state index in [0.717, 1.165) is 19.4 Å². The molecular formula is C14H25N3. The molecule has 0 radical (unpaired) electrons. The Morgan fingerprint density at radius 2 is 2.00 bits per heavy atom. The second kappa shape index (κ2) is 5.21. The van der Waals surface area contributed by atoms with Crippen LogP contribution in [-0.2, 0) is 11.8 Å². The third-order valence-electron chi connectivity index (χ3n) is 4.13. The van der Waals surface area contributed by atoms with Gasteiger partial charge < -0.3 is 10.7 Å². The van der Waals surface area contributed by atoms with Gasteiger partial charge in [0.15, 0.2) is 0 Å². The lowest BCUT2D eigenvalue weighted by Gasteiger charge is -2.31. The van der Waals surface area contributed by atoms with Crippen molar-refractivity contribution in [3.05, 3.63) is 17.2 Å². The lowest BCUT2D eigenvalue weighted by molar-refractivity contribution is 0.305. The summed E-state index contributed by atoms with van der Waals surface area (Å²) in [5.74, 6) is 1.21. The number of aromatic nitrogens is 2. The van der Waals surface area contributed by atoms with Gasteiger partial charge in [-0.05, 0) is 39.2 Å². The fourth-order valence-electron chi connectivity index (χ4n) is 2.86. The van der Waals surface area contributed by atoms with Gasteiger partial charge in [-0.15, -0.1) is 0 Å². The van der Waals surface area contributed by atoms with Crippen LogP contribution < -0.4 is 5.73 Å². The highest BCUT2D eigenvalue weighted by Gasteiger charge is 2.31. The van der Waals surface area contributed by atoms with Gasteiger partial charge in [-0.3, -0.25) is 0 Å². The molecule has 0 bridgehead atoms. The molecule has 2 rings (SSSR count). The van der Waals surface area contributed by atoms with E-state index in [-0.39, 0.29) is 5.41 Å². The van der Waals surface area contributed by atoms with Crippen LogP contribution in [0.2, 0.25) is 0 Å². The van der Waals surface area contributed by atoms with E-state index < -0.39 is 0 Å². The van der Waals surface area contributed by atoms with Crippen LogP contribution >= 0.6 is 0 Å². The molecule has 96 valence electrons. The molecule has 1 saturated carbocycles. The number of rotatable bonds is 4. The summed E-state index contributed by atoms with van der Waals surface area (Å²) in [4.78, 5) is 8.34. The highest BCUT2D eigenvalue weighted by atomic mass is 15.0. The second-order valence-electron chi connectivity index (χ2n) is 5.67. The van der Waals surface area contributed by atoms with Gasteiger partial charge >= 0.3 is 0 Å². The number of imidazole rings is 1. The van der Waals surface area contributed by atoms with Crippen LogP contribution in [0.25, 0.3) is 0 Å². The minimum Gasteiger partial charge on any atom is -0.345 e. The van der Waals surface area contributed by atoms with Gasteiger partial charge in [0.2, 0.25) is 0 Å². The van der Waals surface area contributed by atoms with Gasteiger partial charge in [0.1, 0.15) is 5.82 Å². The maximum atomic E-state index is 5.56. The Morgan fingerprint density at radius 1 is 1.29 bits per heavy atom. The SMILES string of the molecule is Cc1[nH]c(C2(C)CCCCC2)nc1CCCN. The van der Waals surface area contributed by atoms with Crippen LogP contribution in [0.5, 0.6) is 0 Å². The summed E-state index contributed by atoms with van der Waals surface area (Å²) < 4.78 is 0. The Balaban J connectivity index is 2.15. The molecule has 3 heteroatoms. The monoisotopic (exact) mass is 235 g/mol. The van der Waals surface area contributed by atoms with Crippen molar-refractivity contribution in [2.24, 2.45) is 5.73 Å². The third-order valence-corrected chi connectivity index (χ3v) is 4.13. The zero-order valence-electron chi connectivity index (χ0n) is 11.2. The Labute approximate surface area is 104 Å². The molecule has 0 saturated heterocycles. The Kier molecular flexibility index (Phi) is 3.87. The average Bonchev–Trinajstić information content (AvgIpc) is 2.70.